The molecular formula is C26H32N2O13. The molecule has 0 amide bonds. The first-order valence-corrected chi connectivity index (χ1v) is 12.5. The number of esters is 2. The van der Waals surface area contributed by atoms with E-state index in [4.69, 9.17) is 35.2 Å². The molecule has 15 heteroatoms. The van der Waals surface area contributed by atoms with Crippen LogP contribution >= 0.6 is 0 Å². The van der Waals surface area contributed by atoms with Crippen molar-refractivity contribution in [2.75, 3.05) is 31.3 Å². The van der Waals surface area contributed by atoms with Crippen molar-refractivity contribution in [2.24, 2.45) is 0 Å². The van der Waals surface area contributed by atoms with Crippen molar-refractivity contribution in [3.63, 3.8) is 0 Å². The average Bonchev–Trinajstić information content (AvgIpc) is 3.20. The minimum atomic E-state index is -2.42. The number of carbonyl (C=O) groups is 2. The number of benzene rings is 2. The lowest BCUT2D eigenvalue weighted by atomic mass is 9.99. The monoisotopic (exact) mass is 580 g/mol. The molecule has 2 aromatic rings. The van der Waals surface area contributed by atoms with Gasteiger partial charge in [-0.25, -0.2) is 9.59 Å². The first-order valence-electron chi connectivity index (χ1n) is 12.5. The Morgan fingerprint density at radius 1 is 0.756 bits per heavy atom. The van der Waals surface area contributed by atoms with Crippen molar-refractivity contribution in [2.45, 2.75) is 54.8 Å². The van der Waals surface area contributed by atoms with Crippen LogP contribution in [0.25, 0.3) is 0 Å². The van der Waals surface area contributed by atoms with E-state index < -0.39 is 86.6 Å². The second kappa shape index (κ2) is 12.6. The molecule has 0 bridgehead atoms. The Morgan fingerprint density at radius 2 is 1.27 bits per heavy atom. The summed E-state index contributed by atoms with van der Waals surface area (Å²) in [6, 6.07) is 12.1. The number of aliphatic hydroxyl groups excluding tert-OH is 6. The number of nitrogen functional groups attached to an aromatic ring is 2. The Kier molecular flexibility index (Phi) is 9.43. The van der Waals surface area contributed by atoms with Crippen LogP contribution in [-0.2, 0) is 23.7 Å². The van der Waals surface area contributed by atoms with Gasteiger partial charge in [-0.05, 0) is 24.3 Å². The number of para-hydroxylation sites is 2. The maximum Gasteiger partial charge on any atom is 0.340 e. The Bertz CT molecular complexity index is 1230. The van der Waals surface area contributed by atoms with E-state index in [0.717, 1.165) is 0 Å². The van der Waals surface area contributed by atoms with Crippen LogP contribution in [0.4, 0.5) is 11.4 Å². The molecular weight excluding hydrogens is 548 g/mol. The van der Waals surface area contributed by atoms with Gasteiger partial charge in [0.25, 0.3) is 0 Å². The molecule has 0 radical (unpaired) electrons. The fraction of sp³-hybridized carbons (Fsp3) is 0.462. The third-order valence-corrected chi connectivity index (χ3v) is 6.83. The maximum atomic E-state index is 12.4. The zero-order valence-corrected chi connectivity index (χ0v) is 21.6. The van der Waals surface area contributed by atoms with Crippen molar-refractivity contribution in [3.05, 3.63) is 59.7 Å². The smallest absolute Gasteiger partial charge is 0.340 e. The molecule has 0 aromatic heterocycles. The van der Waals surface area contributed by atoms with Gasteiger partial charge in [-0.15, -0.1) is 0 Å². The number of carbonyl (C=O) groups excluding carboxylic acids is 2. The highest BCUT2D eigenvalue weighted by molar-refractivity contribution is 5.95. The fourth-order valence-electron chi connectivity index (χ4n) is 4.44. The zero-order chi connectivity index (χ0) is 29.9. The van der Waals surface area contributed by atoms with Crippen molar-refractivity contribution in [1.29, 1.82) is 0 Å². The van der Waals surface area contributed by atoms with Gasteiger partial charge in [0.1, 0.15) is 62.5 Å². The number of nitrogens with two attached hydrogens (primary N) is 2. The molecule has 10 N–H and O–H groups in total. The Hall–Kier alpha value is -3.38. The summed E-state index contributed by atoms with van der Waals surface area (Å²) in [7, 11) is 0. The van der Waals surface area contributed by atoms with Gasteiger partial charge < -0.3 is 65.8 Å². The van der Waals surface area contributed by atoms with Crippen LogP contribution in [0.2, 0.25) is 0 Å². The van der Waals surface area contributed by atoms with Gasteiger partial charge in [-0.2, -0.15) is 0 Å². The molecule has 2 heterocycles. The van der Waals surface area contributed by atoms with Gasteiger partial charge in [-0.3, -0.25) is 0 Å². The summed E-state index contributed by atoms with van der Waals surface area (Å²) in [6.45, 7) is -2.29. The minimum absolute atomic E-state index is 0.0450. The van der Waals surface area contributed by atoms with Gasteiger partial charge in [-0.1, -0.05) is 24.3 Å². The summed E-state index contributed by atoms with van der Waals surface area (Å²) in [6.07, 6.45) is -14.0. The van der Waals surface area contributed by atoms with E-state index in [-0.39, 0.29) is 22.5 Å². The van der Waals surface area contributed by atoms with Gasteiger partial charge in [0.2, 0.25) is 5.79 Å². The first-order chi connectivity index (χ1) is 19.5. The van der Waals surface area contributed by atoms with Crippen LogP contribution in [0.15, 0.2) is 48.5 Å². The van der Waals surface area contributed by atoms with Gasteiger partial charge >= 0.3 is 11.9 Å². The maximum absolute atomic E-state index is 12.4. The topological polar surface area (TPSA) is 254 Å². The van der Waals surface area contributed by atoms with Crippen molar-refractivity contribution in [1.82, 2.24) is 0 Å². The molecule has 41 heavy (non-hydrogen) atoms. The zero-order valence-electron chi connectivity index (χ0n) is 21.6. The predicted molar refractivity (Wildman–Crippen MR) is 137 cm³/mol. The Morgan fingerprint density at radius 3 is 1.78 bits per heavy atom. The highest BCUT2D eigenvalue weighted by Crippen LogP contribution is 2.36. The van der Waals surface area contributed by atoms with E-state index >= 15 is 0 Å². The Balaban J connectivity index is 1.42. The minimum Gasteiger partial charge on any atom is -0.459 e. The van der Waals surface area contributed by atoms with E-state index in [1.54, 1.807) is 24.3 Å². The Labute approximate surface area is 233 Å². The van der Waals surface area contributed by atoms with E-state index in [1.807, 2.05) is 0 Å². The molecule has 9 atom stereocenters. The highest BCUT2D eigenvalue weighted by Gasteiger charge is 2.58. The number of ether oxygens (including phenoxy) is 5. The number of anilines is 2. The molecule has 2 aliphatic rings. The molecule has 2 aromatic carbocycles. The summed E-state index contributed by atoms with van der Waals surface area (Å²) in [4.78, 5) is 24.8. The highest BCUT2D eigenvalue weighted by atomic mass is 16.8. The van der Waals surface area contributed by atoms with Crippen molar-refractivity contribution in [3.8, 4) is 0 Å². The first kappa shape index (κ1) is 30.6. The van der Waals surface area contributed by atoms with E-state index in [9.17, 15) is 40.2 Å². The predicted octanol–water partition coefficient (Wildman–Crippen LogP) is -2.50. The lowest BCUT2D eigenvalue weighted by Crippen LogP contribution is -2.62. The normalized spacial score (nSPS) is 33.3. The van der Waals surface area contributed by atoms with Crippen molar-refractivity contribution >= 4 is 23.3 Å². The average molecular weight is 581 g/mol. The van der Waals surface area contributed by atoms with Crippen LogP contribution in [0.5, 0.6) is 0 Å². The van der Waals surface area contributed by atoms with Gasteiger partial charge in [0.15, 0.2) is 6.29 Å². The molecule has 2 aliphatic heterocycles. The lowest BCUT2D eigenvalue weighted by molar-refractivity contribution is -0.383. The third kappa shape index (κ3) is 6.28. The number of aliphatic hydroxyl groups is 6. The van der Waals surface area contributed by atoms with Gasteiger partial charge in [0.05, 0.1) is 11.1 Å². The summed E-state index contributed by atoms with van der Waals surface area (Å²) in [5.74, 6) is -4.11. The SMILES string of the molecule is Nc1ccccc1C(=O)OC[C@@H]1O[C@H](O[C@]2(CO)O[C@@H](COC(=O)c3ccccc3N)[C@H](O)[C@@H]2O)[C@@H](O)[C@H](O)[C@H]1O. The molecule has 0 aliphatic carbocycles. The van der Waals surface area contributed by atoms with E-state index in [0.29, 0.717) is 0 Å². The van der Waals surface area contributed by atoms with E-state index in [1.165, 1.54) is 24.3 Å². The van der Waals surface area contributed by atoms with E-state index in [2.05, 4.69) is 0 Å². The number of hydrogen-bond acceptors (Lipinski definition) is 15. The fourth-order valence-corrected chi connectivity index (χ4v) is 4.44. The quantitative estimate of drug-likeness (QED) is 0.113. The molecule has 0 saturated carbocycles. The summed E-state index contributed by atoms with van der Waals surface area (Å²) in [5, 5.41) is 62.5. The van der Waals surface area contributed by atoms with Crippen LogP contribution in [0, 0.1) is 0 Å². The second-order valence-corrected chi connectivity index (χ2v) is 9.57. The summed E-state index contributed by atoms with van der Waals surface area (Å²) < 4.78 is 26.9. The molecule has 0 unspecified atom stereocenters. The van der Waals surface area contributed by atoms with Gasteiger partial charge in [0, 0.05) is 11.4 Å². The standard InChI is InChI=1S/C26H32N2O13/c27-14-7-3-1-5-12(14)23(35)37-9-16-18(30)20(32)21(33)25(39-16)41-26(11-29)22(34)19(31)17(40-26)10-38-24(36)13-6-2-4-8-15(13)28/h1-8,16-22,25,29-34H,9-11,27-28H2/t16-,17-,18-,19-,20+,21-,22-,25+,26-/m0/s1. The number of hydrogen-bond donors (Lipinski definition) is 8. The largest absolute Gasteiger partial charge is 0.459 e. The van der Waals surface area contributed by atoms with Crippen LogP contribution in [0.1, 0.15) is 20.7 Å². The molecule has 4 rings (SSSR count). The summed E-state index contributed by atoms with van der Waals surface area (Å²) >= 11 is 0. The number of rotatable bonds is 9. The molecule has 15 nitrogen and oxygen atoms in total. The second-order valence-electron chi connectivity index (χ2n) is 9.57. The lowest BCUT2D eigenvalue weighted by Gasteiger charge is -2.43. The summed E-state index contributed by atoms with van der Waals surface area (Å²) in [5.41, 5.74) is 11.9. The van der Waals surface area contributed by atoms with Crippen molar-refractivity contribution < 1.29 is 63.9 Å². The van der Waals surface area contributed by atoms with Crippen LogP contribution < -0.4 is 11.5 Å². The molecule has 2 fully saturated rings. The third-order valence-electron chi connectivity index (χ3n) is 6.83. The molecule has 2 saturated heterocycles. The molecule has 224 valence electrons. The van der Waals surface area contributed by atoms with Crippen LogP contribution in [-0.4, -0.2) is 117 Å². The molecule has 0 spiro atoms. The van der Waals surface area contributed by atoms with Crippen LogP contribution in [0.3, 0.4) is 0 Å².